The highest BCUT2D eigenvalue weighted by atomic mass is 15.2. The molecule has 2 atom stereocenters. The Balaban J connectivity index is 1.76. The van der Waals surface area contributed by atoms with Gasteiger partial charge in [-0.25, -0.2) is 0 Å². The van der Waals surface area contributed by atoms with E-state index in [-0.39, 0.29) is 5.54 Å². The maximum Gasteiger partial charge on any atom is 0.0463 e. The summed E-state index contributed by atoms with van der Waals surface area (Å²) in [6, 6.07) is 11.3. The molecule has 0 aromatic heterocycles. The predicted molar refractivity (Wildman–Crippen MR) is 103 cm³/mol. The molecule has 2 nitrogen and oxygen atoms in total. The molecule has 1 heterocycles. The molecular weight excluding hydrogens is 292 g/mol. The van der Waals surface area contributed by atoms with E-state index in [0.717, 1.165) is 11.8 Å². The van der Waals surface area contributed by atoms with E-state index in [1.54, 1.807) is 0 Å². The van der Waals surface area contributed by atoms with Gasteiger partial charge in [0.25, 0.3) is 0 Å². The smallest absolute Gasteiger partial charge is 0.0463 e. The average Bonchev–Trinajstić information content (AvgIpc) is 2.60. The van der Waals surface area contributed by atoms with Gasteiger partial charge in [0.15, 0.2) is 0 Å². The Morgan fingerprint density at radius 2 is 1.62 bits per heavy atom. The Labute approximate surface area is 149 Å². The minimum atomic E-state index is 0.230. The molecule has 0 spiro atoms. The van der Waals surface area contributed by atoms with E-state index in [1.807, 2.05) is 0 Å². The normalized spacial score (nSPS) is 32.2. The zero-order valence-corrected chi connectivity index (χ0v) is 16.0. The first kappa shape index (κ1) is 17.9. The molecule has 2 fully saturated rings. The molecule has 1 saturated heterocycles. The number of piperidine rings is 1. The Morgan fingerprint density at radius 1 is 1.00 bits per heavy atom. The summed E-state index contributed by atoms with van der Waals surface area (Å²) in [4.78, 5) is 5.37. The van der Waals surface area contributed by atoms with Crippen molar-refractivity contribution >= 4 is 0 Å². The zero-order chi connectivity index (χ0) is 17.0. The van der Waals surface area contributed by atoms with E-state index in [2.05, 4.69) is 61.0 Å². The lowest BCUT2D eigenvalue weighted by Gasteiger charge is -2.50. The molecule has 134 valence electrons. The molecule has 0 amide bonds. The summed E-state index contributed by atoms with van der Waals surface area (Å²) >= 11 is 0. The first-order valence-electron chi connectivity index (χ1n) is 10.1. The molecule has 0 bridgehead atoms. The van der Waals surface area contributed by atoms with E-state index >= 15 is 0 Å². The van der Waals surface area contributed by atoms with Crippen molar-refractivity contribution < 1.29 is 0 Å². The highest BCUT2D eigenvalue weighted by Gasteiger charge is 2.42. The highest BCUT2D eigenvalue weighted by Crippen LogP contribution is 2.46. The van der Waals surface area contributed by atoms with Gasteiger partial charge in [0.05, 0.1) is 0 Å². The molecule has 1 saturated carbocycles. The van der Waals surface area contributed by atoms with E-state index in [4.69, 9.17) is 0 Å². The van der Waals surface area contributed by atoms with Gasteiger partial charge in [0.2, 0.25) is 0 Å². The van der Waals surface area contributed by atoms with Crippen molar-refractivity contribution in [3.63, 3.8) is 0 Å². The van der Waals surface area contributed by atoms with Crippen LogP contribution in [0.4, 0.5) is 0 Å². The van der Waals surface area contributed by atoms with Crippen LogP contribution in [0.15, 0.2) is 30.3 Å². The fourth-order valence-corrected chi connectivity index (χ4v) is 5.29. The van der Waals surface area contributed by atoms with Gasteiger partial charge in [-0.15, -0.1) is 0 Å². The number of hydrogen-bond donors (Lipinski definition) is 0. The molecule has 3 rings (SSSR count). The summed E-state index contributed by atoms with van der Waals surface area (Å²) < 4.78 is 0. The highest BCUT2D eigenvalue weighted by molar-refractivity contribution is 5.26. The standard InChI is InChI=1S/C22H36N2/c1-19-16-20(2)18-22(17-19,21-10-6-4-7-11-21)23(3)14-15-24-12-8-5-9-13-24/h4,6-7,10-11,19-20H,5,8-9,12-18H2,1-3H3. The number of nitrogens with zero attached hydrogens (tertiary/aromatic N) is 2. The summed E-state index contributed by atoms with van der Waals surface area (Å²) in [5.41, 5.74) is 1.76. The van der Waals surface area contributed by atoms with Crippen molar-refractivity contribution in [3.05, 3.63) is 35.9 Å². The molecule has 2 aliphatic rings. The zero-order valence-electron chi connectivity index (χ0n) is 16.0. The lowest BCUT2D eigenvalue weighted by atomic mass is 9.67. The molecule has 1 aliphatic heterocycles. The predicted octanol–water partition coefficient (Wildman–Crippen LogP) is 4.76. The maximum absolute atomic E-state index is 2.70. The summed E-state index contributed by atoms with van der Waals surface area (Å²) in [6.07, 6.45) is 8.20. The van der Waals surface area contributed by atoms with Crippen molar-refractivity contribution in [2.75, 3.05) is 33.2 Å². The van der Waals surface area contributed by atoms with Crippen LogP contribution in [-0.4, -0.2) is 43.0 Å². The third-order valence-corrected chi connectivity index (χ3v) is 6.42. The van der Waals surface area contributed by atoms with Crippen LogP contribution in [0, 0.1) is 11.8 Å². The van der Waals surface area contributed by atoms with Crippen LogP contribution < -0.4 is 0 Å². The molecule has 1 aliphatic carbocycles. The van der Waals surface area contributed by atoms with E-state index in [9.17, 15) is 0 Å². The summed E-state index contributed by atoms with van der Waals surface area (Å²) in [5, 5.41) is 0. The second-order valence-electron chi connectivity index (χ2n) is 8.58. The lowest BCUT2D eigenvalue weighted by Crippen LogP contribution is -2.51. The third kappa shape index (κ3) is 4.03. The van der Waals surface area contributed by atoms with E-state index < -0.39 is 0 Å². The van der Waals surface area contributed by atoms with Crippen LogP contribution in [0.1, 0.15) is 57.9 Å². The average molecular weight is 329 g/mol. The van der Waals surface area contributed by atoms with Crippen LogP contribution in [-0.2, 0) is 5.54 Å². The quantitative estimate of drug-likeness (QED) is 0.769. The van der Waals surface area contributed by atoms with Crippen LogP contribution in [0.5, 0.6) is 0 Å². The fourth-order valence-electron chi connectivity index (χ4n) is 5.29. The van der Waals surface area contributed by atoms with Gasteiger partial charge in [-0.1, -0.05) is 50.6 Å². The first-order valence-corrected chi connectivity index (χ1v) is 10.1. The van der Waals surface area contributed by atoms with Gasteiger partial charge < -0.3 is 4.90 Å². The minimum absolute atomic E-state index is 0.230. The molecule has 2 heteroatoms. The van der Waals surface area contributed by atoms with Gasteiger partial charge in [-0.2, -0.15) is 0 Å². The van der Waals surface area contributed by atoms with Crippen LogP contribution in [0.25, 0.3) is 0 Å². The lowest BCUT2D eigenvalue weighted by molar-refractivity contribution is 0.0209. The first-order chi connectivity index (χ1) is 11.6. The molecule has 0 radical (unpaired) electrons. The van der Waals surface area contributed by atoms with E-state index in [0.29, 0.717) is 0 Å². The molecule has 1 aromatic carbocycles. The van der Waals surface area contributed by atoms with Gasteiger partial charge in [-0.05, 0) is 69.6 Å². The van der Waals surface area contributed by atoms with Gasteiger partial charge in [0, 0.05) is 18.6 Å². The number of benzene rings is 1. The van der Waals surface area contributed by atoms with Gasteiger partial charge in [0.1, 0.15) is 0 Å². The SMILES string of the molecule is CC1CC(C)CC(c2ccccc2)(N(C)CCN2CCCCC2)C1. The van der Waals surface area contributed by atoms with Gasteiger partial charge in [-0.3, -0.25) is 4.90 Å². The largest absolute Gasteiger partial charge is 0.302 e. The fraction of sp³-hybridized carbons (Fsp3) is 0.727. The second kappa shape index (κ2) is 8.01. The van der Waals surface area contributed by atoms with Crippen molar-refractivity contribution in [2.45, 2.75) is 57.9 Å². The number of likely N-dealkylation sites (N-methyl/N-ethyl adjacent to an activating group) is 1. The topological polar surface area (TPSA) is 6.48 Å². The molecular formula is C22H36N2. The minimum Gasteiger partial charge on any atom is -0.302 e. The van der Waals surface area contributed by atoms with E-state index in [1.165, 1.54) is 70.3 Å². The van der Waals surface area contributed by atoms with Crippen LogP contribution in [0.3, 0.4) is 0 Å². The molecule has 0 N–H and O–H groups in total. The van der Waals surface area contributed by atoms with Crippen molar-refractivity contribution in [1.29, 1.82) is 0 Å². The van der Waals surface area contributed by atoms with Crippen LogP contribution in [0.2, 0.25) is 0 Å². The number of hydrogen-bond acceptors (Lipinski definition) is 2. The molecule has 24 heavy (non-hydrogen) atoms. The third-order valence-electron chi connectivity index (χ3n) is 6.42. The summed E-state index contributed by atoms with van der Waals surface area (Å²) in [7, 11) is 2.38. The Hall–Kier alpha value is -0.860. The Kier molecular flexibility index (Phi) is 5.99. The number of rotatable bonds is 5. The molecule has 1 aromatic rings. The van der Waals surface area contributed by atoms with Gasteiger partial charge >= 0.3 is 0 Å². The summed E-state index contributed by atoms with van der Waals surface area (Å²) in [5.74, 6) is 1.62. The Morgan fingerprint density at radius 3 is 2.25 bits per heavy atom. The van der Waals surface area contributed by atoms with Crippen molar-refractivity contribution in [2.24, 2.45) is 11.8 Å². The maximum atomic E-state index is 2.70. The number of likely N-dealkylation sites (tertiary alicyclic amines) is 1. The second-order valence-corrected chi connectivity index (χ2v) is 8.58. The van der Waals surface area contributed by atoms with Crippen LogP contribution >= 0.6 is 0 Å². The monoisotopic (exact) mass is 328 g/mol. The molecule has 2 unspecified atom stereocenters. The Bertz CT molecular complexity index is 482. The van der Waals surface area contributed by atoms with Crippen molar-refractivity contribution in [3.8, 4) is 0 Å². The summed E-state index contributed by atoms with van der Waals surface area (Å²) in [6.45, 7) is 9.93. The van der Waals surface area contributed by atoms with Crippen molar-refractivity contribution in [1.82, 2.24) is 9.80 Å².